The predicted octanol–water partition coefficient (Wildman–Crippen LogP) is 1.29. The molecule has 1 atom stereocenters. The van der Waals surface area contributed by atoms with Crippen LogP contribution in [0.4, 0.5) is 17.3 Å². The number of carbonyl (C=O) groups excluding carboxylic acids is 2. The Labute approximate surface area is 156 Å². The topological polar surface area (TPSA) is 130 Å². The van der Waals surface area contributed by atoms with E-state index in [9.17, 15) is 18.0 Å². The van der Waals surface area contributed by atoms with Crippen LogP contribution in [0.2, 0.25) is 0 Å². The summed E-state index contributed by atoms with van der Waals surface area (Å²) >= 11 is 0. The first-order chi connectivity index (χ1) is 12.8. The van der Waals surface area contributed by atoms with E-state index in [0.29, 0.717) is 17.8 Å². The fourth-order valence-electron chi connectivity index (χ4n) is 2.65. The number of hydrogen-bond donors (Lipinski definition) is 3. The van der Waals surface area contributed by atoms with Gasteiger partial charge in [0, 0.05) is 36.7 Å². The molecule has 0 saturated carbocycles. The molecule has 0 spiro atoms. The maximum absolute atomic E-state index is 12.3. The monoisotopic (exact) mass is 389 g/mol. The molecule has 0 radical (unpaired) electrons. The van der Waals surface area contributed by atoms with Gasteiger partial charge in [-0.25, -0.2) is 18.4 Å². The van der Waals surface area contributed by atoms with E-state index in [1.54, 1.807) is 24.3 Å². The van der Waals surface area contributed by atoms with Crippen molar-refractivity contribution in [3.63, 3.8) is 0 Å². The van der Waals surface area contributed by atoms with Crippen LogP contribution in [0.5, 0.6) is 0 Å². The van der Waals surface area contributed by atoms with Gasteiger partial charge in [-0.15, -0.1) is 0 Å². The Morgan fingerprint density at radius 1 is 1.04 bits per heavy atom. The maximum atomic E-state index is 12.3. The minimum atomic E-state index is -2.99. The molecule has 3 rings (SSSR count). The number of hydrogen-bond acceptors (Lipinski definition) is 7. The lowest BCUT2D eigenvalue weighted by atomic mass is 10.2. The number of nitrogens with one attached hydrogen (secondary N) is 3. The molecule has 1 fully saturated rings. The van der Waals surface area contributed by atoms with Gasteiger partial charge >= 0.3 is 0 Å². The van der Waals surface area contributed by atoms with Crippen LogP contribution in [-0.2, 0) is 14.6 Å². The van der Waals surface area contributed by atoms with E-state index < -0.39 is 9.84 Å². The third-order valence-corrected chi connectivity index (χ3v) is 5.71. The third kappa shape index (κ3) is 5.23. The van der Waals surface area contributed by atoms with E-state index in [2.05, 4.69) is 25.9 Å². The molecular formula is C17H19N5O4S. The fraction of sp³-hybridized carbons (Fsp3) is 0.294. The van der Waals surface area contributed by atoms with E-state index in [1.807, 2.05) is 0 Å². The molecule has 27 heavy (non-hydrogen) atoms. The second kappa shape index (κ2) is 7.70. The number of benzene rings is 1. The summed E-state index contributed by atoms with van der Waals surface area (Å²) in [7, 11) is -2.99. The second-order valence-corrected chi connectivity index (χ2v) is 8.48. The summed E-state index contributed by atoms with van der Waals surface area (Å²) < 4.78 is 22.9. The van der Waals surface area contributed by atoms with E-state index in [-0.39, 0.29) is 40.9 Å². The van der Waals surface area contributed by atoms with Crippen LogP contribution < -0.4 is 16.0 Å². The Bertz CT molecular complexity index is 942. The molecule has 0 aliphatic carbocycles. The van der Waals surface area contributed by atoms with Gasteiger partial charge in [0.15, 0.2) is 9.84 Å². The standard InChI is InChI=1S/C17H19N5O4S/c1-11(23)20-13-2-4-14(5-3-13)21-16(24)12-8-18-17(19-9-12)22-15-6-7-27(25,26)10-15/h2-5,8-9,15H,6-7,10H2,1H3,(H,20,23)(H,21,24)(H,18,19,22). The summed E-state index contributed by atoms with van der Waals surface area (Å²) in [4.78, 5) is 31.4. The average Bonchev–Trinajstić information content (AvgIpc) is 2.95. The van der Waals surface area contributed by atoms with Crippen LogP contribution >= 0.6 is 0 Å². The maximum Gasteiger partial charge on any atom is 0.258 e. The van der Waals surface area contributed by atoms with Gasteiger partial charge in [-0.2, -0.15) is 0 Å². The molecule has 1 saturated heterocycles. The van der Waals surface area contributed by atoms with Crippen molar-refractivity contribution < 1.29 is 18.0 Å². The highest BCUT2D eigenvalue weighted by Gasteiger charge is 2.28. The van der Waals surface area contributed by atoms with E-state index in [4.69, 9.17) is 0 Å². The Kier molecular flexibility index (Phi) is 5.36. The zero-order valence-corrected chi connectivity index (χ0v) is 15.4. The lowest BCUT2D eigenvalue weighted by Crippen LogP contribution is -2.22. The zero-order chi connectivity index (χ0) is 19.4. The minimum Gasteiger partial charge on any atom is -0.350 e. The van der Waals surface area contributed by atoms with Gasteiger partial charge in [0.1, 0.15) is 0 Å². The largest absolute Gasteiger partial charge is 0.350 e. The molecule has 0 bridgehead atoms. The van der Waals surface area contributed by atoms with Gasteiger partial charge in [0.05, 0.1) is 17.1 Å². The summed E-state index contributed by atoms with van der Waals surface area (Å²) in [6.07, 6.45) is 3.27. The molecule has 3 N–H and O–H groups in total. The molecule has 2 heterocycles. The molecule has 1 unspecified atom stereocenters. The highest BCUT2D eigenvalue weighted by Crippen LogP contribution is 2.16. The molecule has 2 amide bonds. The van der Waals surface area contributed by atoms with E-state index in [0.717, 1.165) is 0 Å². The van der Waals surface area contributed by atoms with Crippen LogP contribution in [0.3, 0.4) is 0 Å². The summed E-state index contributed by atoms with van der Waals surface area (Å²) in [5.74, 6) is -0.0442. The Balaban J connectivity index is 1.58. The van der Waals surface area contributed by atoms with Gasteiger partial charge in [-0.3, -0.25) is 9.59 Å². The van der Waals surface area contributed by atoms with Crippen molar-refractivity contribution >= 4 is 39.0 Å². The quantitative estimate of drug-likeness (QED) is 0.702. The van der Waals surface area contributed by atoms with Crippen molar-refractivity contribution in [2.45, 2.75) is 19.4 Å². The van der Waals surface area contributed by atoms with E-state index in [1.165, 1.54) is 19.3 Å². The van der Waals surface area contributed by atoms with Gasteiger partial charge < -0.3 is 16.0 Å². The highest BCUT2D eigenvalue weighted by molar-refractivity contribution is 7.91. The van der Waals surface area contributed by atoms with Crippen LogP contribution in [-0.4, -0.2) is 47.7 Å². The summed E-state index contributed by atoms with van der Waals surface area (Å²) in [6, 6.07) is 6.48. The summed E-state index contributed by atoms with van der Waals surface area (Å²) in [5.41, 5.74) is 1.46. The number of sulfone groups is 1. The van der Waals surface area contributed by atoms with Crippen molar-refractivity contribution in [2.75, 3.05) is 27.5 Å². The van der Waals surface area contributed by atoms with E-state index >= 15 is 0 Å². The molecule has 10 heteroatoms. The highest BCUT2D eigenvalue weighted by atomic mass is 32.2. The van der Waals surface area contributed by atoms with Gasteiger partial charge in [0.25, 0.3) is 5.91 Å². The zero-order valence-electron chi connectivity index (χ0n) is 14.6. The molecular weight excluding hydrogens is 370 g/mol. The first kappa shape index (κ1) is 18.8. The van der Waals surface area contributed by atoms with Crippen molar-refractivity contribution in [2.24, 2.45) is 0 Å². The number of nitrogens with zero attached hydrogens (tertiary/aromatic N) is 2. The van der Waals surface area contributed by atoms with Gasteiger partial charge in [-0.05, 0) is 30.7 Å². The third-order valence-electron chi connectivity index (χ3n) is 3.94. The fourth-order valence-corrected chi connectivity index (χ4v) is 4.33. The molecule has 1 aromatic heterocycles. The predicted molar refractivity (Wildman–Crippen MR) is 101 cm³/mol. The Morgan fingerprint density at radius 2 is 1.63 bits per heavy atom. The first-order valence-corrected chi connectivity index (χ1v) is 10.1. The van der Waals surface area contributed by atoms with Crippen LogP contribution in [0.25, 0.3) is 0 Å². The van der Waals surface area contributed by atoms with Crippen molar-refractivity contribution in [3.8, 4) is 0 Å². The Morgan fingerprint density at radius 3 is 2.15 bits per heavy atom. The van der Waals surface area contributed by atoms with Gasteiger partial charge in [0.2, 0.25) is 11.9 Å². The average molecular weight is 389 g/mol. The minimum absolute atomic E-state index is 0.0626. The molecule has 142 valence electrons. The number of anilines is 3. The first-order valence-electron chi connectivity index (χ1n) is 8.29. The number of rotatable bonds is 5. The number of amides is 2. The number of aromatic nitrogens is 2. The molecule has 1 aromatic carbocycles. The Hall–Kier alpha value is -3.01. The normalized spacial score (nSPS) is 17.9. The van der Waals surface area contributed by atoms with Crippen LogP contribution in [0.15, 0.2) is 36.7 Å². The second-order valence-electron chi connectivity index (χ2n) is 6.25. The number of carbonyl (C=O) groups is 2. The molecule has 9 nitrogen and oxygen atoms in total. The molecule has 1 aliphatic heterocycles. The SMILES string of the molecule is CC(=O)Nc1ccc(NC(=O)c2cnc(NC3CCS(=O)(=O)C3)nc2)cc1. The van der Waals surface area contributed by atoms with Gasteiger partial charge in [-0.1, -0.05) is 0 Å². The van der Waals surface area contributed by atoms with Crippen molar-refractivity contribution in [1.29, 1.82) is 0 Å². The summed E-state index contributed by atoms with van der Waals surface area (Å²) in [6.45, 7) is 1.42. The lowest BCUT2D eigenvalue weighted by Gasteiger charge is -2.11. The van der Waals surface area contributed by atoms with Crippen molar-refractivity contribution in [3.05, 3.63) is 42.2 Å². The van der Waals surface area contributed by atoms with Crippen LogP contribution in [0.1, 0.15) is 23.7 Å². The smallest absolute Gasteiger partial charge is 0.258 e. The summed E-state index contributed by atoms with van der Waals surface area (Å²) in [5, 5.41) is 8.32. The molecule has 1 aliphatic rings. The van der Waals surface area contributed by atoms with Crippen molar-refractivity contribution in [1.82, 2.24) is 9.97 Å². The molecule has 2 aromatic rings. The van der Waals surface area contributed by atoms with Crippen LogP contribution in [0, 0.1) is 0 Å². The lowest BCUT2D eigenvalue weighted by molar-refractivity contribution is -0.114.